The van der Waals surface area contributed by atoms with Crippen LogP contribution in [0.5, 0.6) is 0 Å². The SMILES string of the molecule is C=CCn1cnn(Cc2sc3c(c2C)c(=O)n(CC)c(=O)n3CCC(F)(F)F)c1=O. The zero-order chi connectivity index (χ0) is 22.2. The number of nitrogens with zero attached hydrogens (tertiary/aromatic N) is 5. The third-order valence-corrected chi connectivity index (χ3v) is 6.04. The molecule has 3 rings (SSSR count). The highest BCUT2D eigenvalue weighted by Gasteiger charge is 2.28. The molecule has 0 N–H and O–H groups in total. The first-order valence-electron chi connectivity index (χ1n) is 9.14. The number of halogens is 3. The van der Waals surface area contributed by atoms with Crippen LogP contribution in [0.25, 0.3) is 10.2 Å². The molecule has 0 aromatic carbocycles. The molecule has 0 radical (unpaired) electrons. The smallest absolute Gasteiger partial charge is 0.284 e. The van der Waals surface area contributed by atoms with Crippen molar-refractivity contribution >= 4 is 21.6 Å². The Morgan fingerprint density at radius 3 is 2.50 bits per heavy atom. The normalized spacial score (nSPS) is 12.0. The van der Waals surface area contributed by atoms with Crippen molar-refractivity contribution in [1.29, 1.82) is 0 Å². The zero-order valence-electron chi connectivity index (χ0n) is 16.4. The van der Waals surface area contributed by atoms with Gasteiger partial charge in [0.25, 0.3) is 5.56 Å². The molecule has 3 aromatic rings. The molecular formula is C18H20F3N5O3S. The Hall–Kier alpha value is -2.89. The molecule has 0 bridgehead atoms. The minimum absolute atomic E-state index is 0.0349. The van der Waals surface area contributed by atoms with Gasteiger partial charge in [-0.05, 0) is 19.4 Å². The molecule has 0 aliphatic carbocycles. The third-order valence-electron chi connectivity index (χ3n) is 4.74. The molecule has 0 spiro atoms. The summed E-state index contributed by atoms with van der Waals surface area (Å²) in [6, 6.07) is 0. The summed E-state index contributed by atoms with van der Waals surface area (Å²) >= 11 is 1.03. The first-order valence-corrected chi connectivity index (χ1v) is 9.96. The second-order valence-electron chi connectivity index (χ2n) is 6.69. The Morgan fingerprint density at radius 2 is 1.90 bits per heavy atom. The topological polar surface area (TPSA) is 83.8 Å². The van der Waals surface area contributed by atoms with Crippen LogP contribution in [0.4, 0.5) is 13.2 Å². The highest BCUT2D eigenvalue weighted by molar-refractivity contribution is 7.18. The van der Waals surface area contributed by atoms with Crippen molar-refractivity contribution in [1.82, 2.24) is 23.5 Å². The van der Waals surface area contributed by atoms with Gasteiger partial charge in [-0.3, -0.25) is 18.5 Å². The standard InChI is InChI=1S/C18H20F3N5O3S/c1-4-7-23-10-22-26(16(23)28)9-12-11(3)13-14(27)24(5-2)17(29)25(15(13)30-12)8-6-18(19,20)21/h4,10H,1,5-9H2,2-3H3. The lowest BCUT2D eigenvalue weighted by molar-refractivity contribution is -0.136. The third kappa shape index (κ3) is 3.91. The molecule has 30 heavy (non-hydrogen) atoms. The number of fused-ring (bicyclic) bond motifs is 1. The number of aromatic nitrogens is 5. The maximum Gasteiger partial charge on any atom is 0.390 e. The van der Waals surface area contributed by atoms with Gasteiger partial charge >= 0.3 is 17.6 Å². The van der Waals surface area contributed by atoms with E-state index in [1.165, 1.54) is 15.6 Å². The monoisotopic (exact) mass is 443 g/mol. The number of alkyl halides is 3. The molecule has 0 unspecified atom stereocenters. The van der Waals surface area contributed by atoms with Crippen LogP contribution in [0.15, 0.2) is 33.4 Å². The molecule has 0 aliphatic heterocycles. The first-order chi connectivity index (χ1) is 14.1. The van der Waals surface area contributed by atoms with Crippen molar-refractivity contribution in [2.75, 3.05) is 0 Å². The van der Waals surface area contributed by atoms with E-state index in [0.717, 1.165) is 20.5 Å². The van der Waals surface area contributed by atoms with Crippen molar-refractivity contribution in [2.24, 2.45) is 0 Å². The summed E-state index contributed by atoms with van der Waals surface area (Å²) < 4.78 is 42.8. The van der Waals surface area contributed by atoms with E-state index in [9.17, 15) is 27.6 Å². The summed E-state index contributed by atoms with van der Waals surface area (Å²) in [5.74, 6) is 0. The van der Waals surface area contributed by atoms with E-state index in [-0.39, 0.29) is 35.5 Å². The van der Waals surface area contributed by atoms with E-state index in [2.05, 4.69) is 11.7 Å². The van der Waals surface area contributed by atoms with Crippen LogP contribution in [0.1, 0.15) is 23.8 Å². The maximum absolute atomic E-state index is 12.8. The van der Waals surface area contributed by atoms with E-state index in [1.807, 2.05) is 0 Å². The summed E-state index contributed by atoms with van der Waals surface area (Å²) in [4.78, 5) is 38.6. The maximum atomic E-state index is 12.8. The second-order valence-corrected chi connectivity index (χ2v) is 7.78. The highest BCUT2D eigenvalue weighted by atomic mass is 32.1. The van der Waals surface area contributed by atoms with Crippen LogP contribution in [-0.4, -0.2) is 29.7 Å². The molecule has 0 aliphatic rings. The second kappa shape index (κ2) is 8.09. The molecule has 0 saturated heterocycles. The molecule has 3 heterocycles. The van der Waals surface area contributed by atoms with E-state index in [1.54, 1.807) is 19.9 Å². The van der Waals surface area contributed by atoms with Crippen LogP contribution in [0.3, 0.4) is 0 Å². The number of hydrogen-bond donors (Lipinski definition) is 0. The molecular weight excluding hydrogens is 423 g/mol. The van der Waals surface area contributed by atoms with Gasteiger partial charge in [0, 0.05) is 24.5 Å². The summed E-state index contributed by atoms with van der Waals surface area (Å²) in [6.07, 6.45) is -2.73. The van der Waals surface area contributed by atoms with Crippen LogP contribution in [-0.2, 0) is 26.2 Å². The van der Waals surface area contributed by atoms with Crippen LogP contribution >= 0.6 is 11.3 Å². The average molecular weight is 443 g/mol. The fourth-order valence-corrected chi connectivity index (χ4v) is 4.48. The quantitative estimate of drug-likeness (QED) is 0.524. The Morgan fingerprint density at radius 1 is 1.20 bits per heavy atom. The lowest BCUT2D eigenvalue weighted by atomic mass is 10.2. The van der Waals surface area contributed by atoms with Gasteiger partial charge in [0.05, 0.1) is 18.4 Å². The van der Waals surface area contributed by atoms with Gasteiger partial charge in [-0.1, -0.05) is 6.08 Å². The number of hydrogen-bond acceptors (Lipinski definition) is 5. The van der Waals surface area contributed by atoms with E-state index < -0.39 is 30.4 Å². The van der Waals surface area contributed by atoms with Crippen molar-refractivity contribution in [3.8, 4) is 0 Å². The molecule has 3 aromatic heterocycles. The Bertz CT molecular complexity index is 1280. The summed E-state index contributed by atoms with van der Waals surface area (Å²) in [5, 5.41) is 4.22. The number of thiophene rings is 1. The largest absolute Gasteiger partial charge is 0.390 e. The van der Waals surface area contributed by atoms with Crippen LogP contribution in [0, 0.1) is 6.92 Å². The molecule has 162 valence electrons. The van der Waals surface area contributed by atoms with E-state index in [4.69, 9.17) is 0 Å². The number of rotatable bonds is 7. The minimum Gasteiger partial charge on any atom is -0.284 e. The van der Waals surface area contributed by atoms with Gasteiger partial charge in [-0.25, -0.2) is 14.3 Å². The number of aryl methyl sites for hydroxylation is 2. The average Bonchev–Trinajstić information content (AvgIpc) is 3.16. The molecule has 0 atom stereocenters. The van der Waals surface area contributed by atoms with Crippen molar-refractivity contribution < 1.29 is 13.2 Å². The highest BCUT2D eigenvalue weighted by Crippen LogP contribution is 2.29. The van der Waals surface area contributed by atoms with E-state index >= 15 is 0 Å². The summed E-state index contributed by atoms with van der Waals surface area (Å²) in [6.45, 7) is 6.56. The lowest BCUT2D eigenvalue weighted by Gasteiger charge is -2.12. The van der Waals surface area contributed by atoms with Gasteiger partial charge in [-0.15, -0.1) is 17.9 Å². The van der Waals surface area contributed by atoms with Crippen molar-refractivity contribution in [3.05, 3.63) is 60.7 Å². The predicted octanol–water partition coefficient (Wildman–Crippen LogP) is 2.10. The van der Waals surface area contributed by atoms with Gasteiger partial charge in [0.1, 0.15) is 11.2 Å². The molecule has 0 saturated carbocycles. The Balaban J connectivity index is 2.17. The van der Waals surface area contributed by atoms with Gasteiger partial charge < -0.3 is 0 Å². The number of allylic oxidation sites excluding steroid dienone is 1. The Labute approximate surface area is 172 Å². The molecule has 8 nitrogen and oxygen atoms in total. The lowest BCUT2D eigenvalue weighted by Crippen LogP contribution is -2.39. The van der Waals surface area contributed by atoms with Crippen molar-refractivity contribution in [3.63, 3.8) is 0 Å². The first kappa shape index (κ1) is 21.8. The van der Waals surface area contributed by atoms with Gasteiger partial charge in [-0.2, -0.15) is 18.3 Å². The van der Waals surface area contributed by atoms with Gasteiger partial charge in [0.2, 0.25) is 0 Å². The Kier molecular flexibility index (Phi) is 5.88. The van der Waals surface area contributed by atoms with Crippen LogP contribution < -0.4 is 16.9 Å². The zero-order valence-corrected chi connectivity index (χ0v) is 17.2. The molecule has 0 fully saturated rings. The van der Waals surface area contributed by atoms with Crippen molar-refractivity contribution in [2.45, 2.75) is 52.6 Å². The predicted molar refractivity (Wildman–Crippen MR) is 107 cm³/mol. The van der Waals surface area contributed by atoms with E-state index in [0.29, 0.717) is 10.4 Å². The van der Waals surface area contributed by atoms with Gasteiger partial charge in [0.15, 0.2) is 0 Å². The molecule has 0 amide bonds. The minimum atomic E-state index is -4.45. The summed E-state index contributed by atoms with van der Waals surface area (Å²) in [5.41, 5.74) is -1.19. The van der Waals surface area contributed by atoms with Crippen LogP contribution in [0.2, 0.25) is 0 Å². The fraction of sp³-hybridized carbons (Fsp3) is 0.444. The molecule has 12 heteroatoms. The fourth-order valence-electron chi connectivity index (χ4n) is 3.19. The summed E-state index contributed by atoms with van der Waals surface area (Å²) in [7, 11) is 0.